The SMILES string of the molecule is Cc1cc(S(=O)(=O)N(C)C)cc(NC(=O)CNc2ccccc2)c1C. The number of para-hydroxylation sites is 1. The zero-order valence-electron chi connectivity index (χ0n) is 14.8. The molecule has 2 aromatic carbocycles. The highest BCUT2D eigenvalue weighted by Gasteiger charge is 2.20. The Hall–Kier alpha value is -2.38. The highest BCUT2D eigenvalue weighted by atomic mass is 32.2. The Kier molecular flexibility index (Phi) is 5.81. The monoisotopic (exact) mass is 361 g/mol. The Labute approximate surface area is 148 Å². The van der Waals surface area contributed by atoms with Crippen molar-refractivity contribution in [3.63, 3.8) is 0 Å². The molecule has 2 rings (SSSR count). The molecule has 2 aromatic rings. The maximum absolute atomic E-state index is 12.3. The van der Waals surface area contributed by atoms with Gasteiger partial charge in [0.25, 0.3) is 0 Å². The lowest BCUT2D eigenvalue weighted by Gasteiger charge is -2.16. The maximum Gasteiger partial charge on any atom is 0.243 e. The Morgan fingerprint density at radius 3 is 2.32 bits per heavy atom. The zero-order chi connectivity index (χ0) is 18.6. The molecule has 0 atom stereocenters. The van der Waals surface area contributed by atoms with Crippen LogP contribution in [0.1, 0.15) is 11.1 Å². The molecule has 0 saturated heterocycles. The van der Waals surface area contributed by atoms with Gasteiger partial charge in [-0.2, -0.15) is 0 Å². The normalized spacial score (nSPS) is 11.4. The van der Waals surface area contributed by atoms with Gasteiger partial charge in [0, 0.05) is 25.5 Å². The van der Waals surface area contributed by atoms with Crippen molar-refractivity contribution in [2.75, 3.05) is 31.3 Å². The van der Waals surface area contributed by atoms with Crippen molar-refractivity contribution in [1.29, 1.82) is 0 Å². The van der Waals surface area contributed by atoms with Gasteiger partial charge in [0.15, 0.2) is 0 Å². The lowest BCUT2D eigenvalue weighted by molar-refractivity contribution is -0.114. The summed E-state index contributed by atoms with van der Waals surface area (Å²) in [4.78, 5) is 12.4. The average molecular weight is 361 g/mol. The molecule has 0 heterocycles. The highest BCUT2D eigenvalue weighted by Crippen LogP contribution is 2.25. The molecular weight excluding hydrogens is 338 g/mol. The van der Waals surface area contributed by atoms with Gasteiger partial charge in [0.05, 0.1) is 11.4 Å². The number of rotatable bonds is 6. The number of carbonyl (C=O) groups excluding carboxylic acids is 1. The molecule has 0 aliphatic carbocycles. The predicted molar refractivity (Wildman–Crippen MR) is 100 cm³/mol. The summed E-state index contributed by atoms with van der Waals surface area (Å²) in [6, 6.07) is 12.5. The number of nitrogens with zero attached hydrogens (tertiary/aromatic N) is 1. The van der Waals surface area contributed by atoms with Crippen molar-refractivity contribution >= 4 is 27.3 Å². The molecule has 25 heavy (non-hydrogen) atoms. The van der Waals surface area contributed by atoms with E-state index in [0.29, 0.717) is 5.69 Å². The first-order valence-electron chi connectivity index (χ1n) is 7.84. The Bertz CT molecular complexity index is 863. The van der Waals surface area contributed by atoms with Crippen LogP contribution < -0.4 is 10.6 Å². The van der Waals surface area contributed by atoms with E-state index in [-0.39, 0.29) is 17.3 Å². The smallest absolute Gasteiger partial charge is 0.243 e. The van der Waals surface area contributed by atoms with Gasteiger partial charge in [0.2, 0.25) is 15.9 Å². The largest absolute Gasteiger partial charge is 0.376 e. The number of sulfonamides is 1. The van der Waals surface area contributed by atoms with Crippen LogP contribution >= 0.6 is 0 Å². The lowest BCUT2D eigenvalue weighted by atomic mass is 10.1. The standard InChI is InChI=1S/C18H23N3O3S/c1-13-10-16(25(23,24)21(3)4)11-17(14(13)2)20-18(22)12-19-15-8-6-5-7-9-15/h5-11,19H,12H2,1-4H3,(H,20,22). The third kappa shape index (κ3) is 4.58. The first-order chi connectivity index (χ1) is 11.7. The molecule has 0 spiro atoms. The fourth-order valence-corrected chi connectivity index (χ4v) is 3.26. The quantitative estimate of drug-likeness (QED) is 0.829. The van der Waals surface area contributed by atoms with Gasteiger partial charge in [-0.25, -0.2) is 12.7 Å². The molecule has 7 heteroatoms. The molecular formula is C18H23N3O3S. The Morgan fingerprint density at radius 1 is 1.08 bits per heavy atom. The van der Waals surface area contributed by atoms with Crippen LogP contribution in [0.2, 0.25) is 0 Å². The molecule has 0 fully saturated rings. The minimum absolute atomic E-state index is 0.0904. The van der Waals surface area contributed by atoms with E-state index in [2.05, 4.69) is 10.6 Å². The number of nitrogens with one attached hydrogen (secondary N) is 2. The van der Waals surface area contributed by atoms with Crippen molar-refractivity contribution in [3.8, 4) is 0 Å². The van der Waals surface area contributed by atoms with Gasteiger partial charge in [-0.05, 0) is 49.2 Å². The number of benzene rings is 2. The van der Waals surface area contributed by atoms with Crippen LogP contribution in [0.5, 0.6) is 0 Å². The third-order valence-electron chi connectivity index (χ3n) is 3.92. The van der Waals surface area contributed by atoms with E-state index in [1.165, 1.54) is 20.2 Å². The van der Waals surface area contributed by atoms with E-state index in [4.69, 9.17) is 0 Å². The second-order valence-corrected chi connectivity index (χ2v) is 8.12. The maximum atomic E-state index is 12.3. The van der Waals surface area contributed by atoms with Crippen molar-refractivity contribution in [1.82, 2.24) is 4.31 Å². The van der Waals surface area contributed by atoms with E-state index in [1.54, 1.807) is 6.07 Å². The van der Waals surface area contributed by atoms with Crippen LogP contribution in [0.25, 0.3) is 0 Å². The summed E-state index contributed by atoms with van der Waals surface area (Å²) in [5.74, 6) is -0.245. The van der Waals surface area contributed by atoms with E-state index in [1.807, 2.05) is 44.2 Å². The molecule has 134 valence electrons. The fraction of sp³-hybridized carbons (Fsp3) is 0.278. The molecule has 6 nitrogen and oxygen atoms in total. The molecule has 0 aromatic heterocycles. The predicted octanol–water partition coefficient (Wildman–Crippen LogP) is 2.60. The van der Waals surface area contributed by atoms with Crippen LogP contribution in [0.4, 0.5) is 11.4 Å². The summed E-state index contributed by atoms with van der Waals surface area (Å²) in [6.07, 6.45) is 0. The first-order valence-corrected chi connectivity index (χ1v) is 9.28. The number of hydrogen-bond acceptors (Lipinski definition) is 4. The Morgan fingerprint density at radius 2 is 1.72 bits per heavy atom. The summed E-state index contributed by atoms with van der Waals surface area (Å²) in [5, 5.41) is 5.81. The molecule has 2 N–H and O–H groups in total. The number of hydrogen-bond donors (Lipinski definition) is 2. The Balaban J connectivity index is 2.18. The van der Waals surface area contributed by atoms with Crippen molar-refractivity contribution in [3.05, 3.63) is 53.6 Å². The molecule has 0 aliphatic rings. The summed E-state index contributed by atoms with van der Waals surface area (Å²) in [6.45, 7) is 3.76. The minimum atomic E-state index is -3.56. The van der Waals surface area contributed by atoms with Crippen LogP contribution in [0.15, 0.2) is 47.4 Å². The second-order valence-electron chi connectivity index (χ2n) is 5.97. The topological polar surface area (TPSA) is 78.5 Å². The van der Waals surface area contributed by atoms with Crippen molar-refractivity contribution in [2.45, 2.75) is 18.7 Å². The van der Waals surface area contributed by atoms with E-state index in [9.17, 15) is 13.2 Å². The van der Waals surface area contributed by atoms with Crippen LogP contribution in [-0.4, -0.2) is 39.3 Å². The molecule has 0 bridgehead atoms. The van der Waals surface area contributed by atoms with Gasteiger partial charge in [-0.15, -0.1) is 0 Å². The van der Waals surface area contributed by atoms with Gasteiger partial charge >= 0.3 is 0 Å². The van der Waals surface area contributed by atoms with Crippen LogP contribution in [0.3, 0.4) is 0 Å². The average Bonchev–Trinajstić information content (AvgIpc) is 2.57. The van der Waals surface area contributed by atoms with Gasteiger partial charge < -0.3 is 10.6 Å². The minimum Gasteiger partial charge on any atom is -0.376 e. The molecule has 0 saturated carbocycles. The van der Waals surface area contributed by atoms with Crippen molar-refractivity contribution in [2.24, 2.45) is 0 Å². The number of anilines is 2. The summed E-state index contributed by atoms with van der Waals surface area (Å²) >= 11 is 0. The highest BCUT2D eigenvalue weighted by molar-refractivity contribution is 7.89. The van der Waals surface area contributed by atoms with E-state index in [0.717, 1.165) is 21.1 Å². The molecule has 0 aliphatic heterocycles. The second kappa shape index (κ2) is 7.67. The zero-order valence-corrected chi connectivity index (χ0v) is 15.6. The van der Waals surface area contributed by atoms with E-state index >= 15 is 0 Å². The van der Waals surface area contributed by atoms with Gasteiger partial charge in [0.1, 0.15) is 0 Å². The van der Waals surface area contributed by atoms with E-state index < -0.39 is 10.0 Å². The first kappa shape index (κ1) is 19.0. The summed E-state index contributed by atoms with van der Waals surface area (Å²) in [5.41, 5.74) is 2.98. The number of carbonyl (C=O) groups is 1. The fourth-order valence-electron chi connectivity index (χ4n) is 2.25. The van der Waals surface area contributed by atoms with Crippen LogP contribution in [-0.2, 0) is 14.8 Å². The summed E-state index contributed by atoms with van der Waals surface area (Å²) in [7, 11) is -0.606. The number of aryl methyl sites for hydroxylation is 1. The molecule has 0 unspecified atom stereocenters. The third-order valence-corrected chi connectivity index (χ3v) is 5.71. The summed E-state index contributed by atoms with van der Waals surface area (Å²) < 4.78 is 25.8. The molecule has 0 radical (unpaired) electrons. The van der Waals surface area contributed by atoms with Crippen molar-refractivity contribution < 1.29 is 13.2 Å². The van der Waals surface area contributed by atoms with Crippen LogP contribution in [0, 0.1) is 13.8 Å². The molecule has 1 amide bonds. The van der Waals surface area contributed by atoms with Gasteiger partial charge in [-0.1, -0.05) is 18.2 Å². The number of amides is 1. The van der Waals surface area contributed by atoms with Gasteiger partial charge in [-0.3, -0.25) is 4.79 Å². The lowest BCUT2D eigenvalue weighted by Crippen LogP contribution is -2.24.